The molecule has 2 aromatic carbocycles. The van der Waals surface area contributed by atoms with Gasteiger partial charge in [-0.1, -0.05) is 24.3 Å². The van der Waals surface area contributed by atoms with Gasteiger partial charge < -0.3 is 19.7 Å². The van der Waals surface area contributed by atoms with Gasteiger partial charge in [0.2, 0.25) is 5.89 Å². The molecular formula is C19H21N3O2. The zero-order valence-corrected chi connectivity index (χ0v) is 13.7. The van der Waals surface area contributed by atoms with E-state index in [2.05, 4.69) is 17.3 Å². The lowest BCUT2D eigenvalue weighted by atomic mass is 9.87. The summed E-state index contributed by atoms with van der Waals surface area (Å²) in [5.74, 6) is 0.937. The van der Waals surface area contributed by atoms with E-state index in [9.17, 15) is 5.11 Å². The highest BCUT2D eigenvalue weighted by molar-refractivity contribution is 5.72. The van der Waals surface area contributed by atoms with Gasteiger partial charge in [0.1, 0.15) is 16.8 Å². The summed E-state index contributed by atoms with van der Waals surface area (Å²) in [6.07, 6.45) is 1.73. The third-order valence-corrected chi connectivity index (χ3v) is 4.82. The fourth-order valence-corrected chi connectivity index (χ4v) is 3.31. The number of nitrogens with zero attached hydrogens (tertiary/aromatic N) is 2. The van der Waals surface area contributed by atoms with Crippen molar-refractivity contribution in [2.75, 3.05) is 25.5 Å². The maximum absolute atomic E-state index is 10.2. The molecule has 5 nitrogen and oxygen atoms in total. The molecule has 3 aromatic rings. The number of nitrogens with one attached hydrogen (secondary N) is 1. The van der Waals surface area contributed by atoms with Crippen LogP contribution >= 0.6 is 0 Å². The first-order chi connectivity index (χ1) is 11.7. The van der Waals surface area contributed by atoms with Crippen LogP contribution in [0, 0.1) is 0 Å². The Balaban J connectivity index is 1.77. The Kier molecular flexibility index (Phi) is 3.65. The molecule has 124 valence electrons. The third kappa shape index (κ3) is 2.61. The summed E-state index contributed by atoms with van der Waals surface area (Å²) in [6, 6.07) is 15.1. The number of aromatic nitrogens is 1. The van der Waals surface area contributed by atoms with Gasteiger partial charge in [-0.05, 0) is 44.2 Å². The van der Waals surface area contributed by atoms with Crippen LogP contribution in [0.25, 0.3) is 11.1 Å². The fraction of sp³-hybridized carbons (Fsp3) is 0.316. The summed E-state index contributed by atoms with van der Waals surface area (Å²) in [5.41, 5.74) is 1.96. The molecular weight excluding hydrogens is 302 g/mol. The molecule has 0 saturated carbocycles. The van der Waals surface area contributed by atoms with Gasteiger partial charge in [-0.3, -0.25) is 0 Å². The van der Waals surface area contributed by atoms with E-state index < -0.39 is 5.54 Å². The fourth-order valence-electron chi connectivity index (χ4n) is 3.31. The molecule has 1 aromatic heterocycles. The first-order valence-electron chi connectivity index (χ1n) is 8.27. The normalized spacial score (nSPS) is 17.9. The first kappa shape index (κ1) is 15.0. The molecule has 1 aliphatic heterocycles. The second kappa shape index (κ2) is 5.83. The Morgan fingerprint density at radius 1 is 1.08 bits per heavy atom. The first-order valence-corrected chi connectivity index (χ1v) is 8.27. The van der Waals surface area contributed by atoms with Gasteiger partial charge in [-0.15, -0.1) is 0 Å². The number of hydrogen-bond acceptors (Lipinski definition) is 5. The maximum Gasteiger partial charge on any atom is 0.221 e. The van der Waals surface area contributed by atoms with Crippen LogP contribution in [0.15, 0.2) is 52.9 Å². The van der Waals surface area contributed by atoms with Gasteiger partial charge in [-0.2, -0.15) is 0 Å². The van der Waals surface area contributed by atoms with Crippen LogP contribution in [0.5, 0.6) is 5.75 Å². The average Bonchev–Trinajstić information content (AvgIpc) is 3.04. The molecule has 5 heteroatoms. The molecule has 1 saturated heterocycles. The van der Waals surface area contributed by atoms with Gasteiger partial charge in [-0.25, -0.2) is 4.98 Å². The third-order valence-electron chi connectivity index (χ3n) is 4.82. The predicted octanol–water partition coefficient (Wildman–Crippen LogP) is 3.57. The van der Waals surface area contributed by atoms with Crippen molar-refractivity contribution in [2.24, 2.45) is 0 Å². The van der Waals surface area contributed by atoms with Gasteiger partial charge in [0.05, 0.1) is 5.69 Å². The predicted molar refractivity (Wildman–Crippen MR) is 94.1 cm³/mol. The number of para-hydroxylation sites is 4. The number of fused-ring (bicyclic) bond motifs is 1. The van der Waals surface area contributed by atoms with E-state index in [1.807, 2.05) is 42.5 Å². The van der Waals surface area contributed by atoms with Crippen LogP contribution in [-0.4, -0.2) is 35.1 Å². The number of oxazole rings is 1. The van der Waals surface area contributed by atoms with Crippen molar-refractivity contribution in [1.29, 1.82) is 0 Å². The van der Waals surface area contributed by atoms with Crippen molar-refractivity contribution >= 4 is 16.8 Å². The van der Waals surface area contributed by atoms with Crippen LogP contribution in [0.2, 0.25) is 0 Å². The number of benzene rings is 2. The maximum atomic E-state index is 10.2. The van der Waals surface area contributed by atoms with Gasteiger partial charge in [0.15, 0.2) is 5.58 Å². The van der Waals surface area contributed by atoms with Crippen LogP contribution in [0.1, 0.15) is 18.7 Å². The quantitative estimate of drug-likeness (QED) is 0.722. The van der Waals surface area contributed by atoms with Crippen molar-refractivity contribution < 1.29 is 9.52 Å². The lowest BCUT2D eigenvalue weighted by Gasteiger charge is -2.39. The van der Waals surface area contributed by atoms with Gasteiger partial charge >= 0.3 is 0 Å². The Labute approximate surface area is 140 Å². The van der Waals surface area contributed by atoms with E-state index >= 15 is 0 Å². The van der Waals surface area contributed by atoms with Crippen molar-refractivity contribution in [3.8, 4) is 5.75 Å². The van der Waals surface area contributed by atoms with Crippen LogP contribution < -0.4 is 5.32 Å². The highest BCUT2D eigenvalue weighted by Gasteiger charge is 2.40. The minimum Gasteiger partial charge on any atom is -0.506 e. The number of likely N-dealkylation sites (tertiary alicyclic amines) is 1. The molecule has 1 aliphatic rings. The lowest BCUT2D eigenvalue weighted by Crippen LogP contribution is -2.46. The number of rotatable bonds is 3. The van der Waals surface area contributed by atoms with Crippen molar-refractivity contribution in [2.45, 2.75) is 18.4 Å². The topological polar surface area (TPSA) is 61.5 Å². The van der Waals surface area contributed by atoms with Gasteiger partial charge in [0.25, 0.3) is 0 Å². The van der Waals surface area contributed by atoms with Crippen molar-refractivity contribution in [1.82, 2.24) is 9.88 Å². The summed E-state index contributed by atoms with van der Waals surface area (Å²) in [5, 5.41) is 13.7. The Morgan fingerprint density at radius 2 is 1.79 bits per heavy atom. The van der Waals surface area contributed by atoms with Crippen LogP contribution in [0.4, 0.5) is 5.69 Å². The number of phenolic OH excluding ortho intramolecular Hbond substituents is 1. The second-order valence-corrected chi connectivity index (χ2v) is 6.51. The molecule has 2 N–H and O–H groups in total. The molecule has 0 unspecified atom stereocenters. The molecule has 0 bridgehead atoms. The molecule has 1 fully saturated rings. The minimum absolute atomic E-state index is 0.243. The molecule has 24 heavy (non-hydrogen) atoms. The smallest absolute Gasteiger partial charge is 0.221 e. The second-order valence-electron chi connectivity index (χ2n) is 6.51. The van der Waals surface area contributed by atoms with E-state index in [4.69, 9.17) is 9.40 Å². The molecule has 0 atom stereocenters. The molecule has 0 amide bonds. The summed E-state index contributed by atoms with van der Waals surface area (Å²) in [6.45, 7) is 1.89. The Bertz CT molecular complexity index is 817. The summed E-state index contributed by atoms with van der Waals surface area (Å²) < 4.78 is 6.08. The number of phenols is 1. The Morgan fingerprint density at radius 3 is 2.54 bits per heavy atom. The van der Waals surface area contributed by atoms with E-state index in [0.29, 0.717) is 11.6 Å². The lowest BCUT2D eigenvalue weighted by molar-refractivity contribution is 0.182. The van der Waals surface area contributed by atoms with E-state index in [1.165, 1.54) is 0 Å². The minimum atomic E-state index is -0.412. The van der Waals surface area contributed by atoms with Crippen LogP contribution in [0.3, 0.4) is 0 Å². The number of hydrogen-bond donors (Lipinski definition) is 2. The molecule has 0 spiro atoms. The average molecular weight is 323 g/mol. The van der Waals surface area contributed by atoms with Gasteiger partial charge in [0, 0.05) is 13.1 Å². The summed E-state index contributed by atoms with van der Waals surface area (Å²) in [4.78, 5) is 7.03. The van der Waals surface area contributed by atoms with Crippen molar-refractivity contribution in [3.63, 3.8) is 0 Å². The SMILES string of the molecule is CN1CCC(Nc2ccccc2O)(c2nc3ccccc3o2)CC1. The summed E-state index contributed by atoms with van der Waals surface area (Å²) >= 11 is 0. The molecule has 4 rings (SSSR count). The standard InChI is InChI=1S/C19H21N3O2/c1-22-12-10-19(11-13-22,21-14-6-2-4-8-16(14)23)18-20-15-7-3-5-9-17(15)24-18/h2-9,21,23H,10-13H2,1H3. The monoisotopic (exact) mass is 323 g/mol. The largest absolute Gasteiger partial charge is 0.506 e. The zero-order valence-electron chi connectivity index (χ0n) is 13.7. The summed E-state index contributed by atoms with van der Waals surface area (Å²) in [7, 11) is 2.12. The number of piperidine rings is 1. The highest BCUT2D eigenvalue weighted by atomic mass is 16.4. The van der Waals surface area contributed by atoms with E-state index in [-0.39, 0.29) is 5.75 Å². The molecule has 2 heterocycles. The van der Waals surface area contributed by atoms with Crippen molar-refractivity contribution in [3.05, 3.63) is 54.4 Å². The zero-order chi connectivity index (χ0) is 16.6. The van der Waals surface area contributed by atoms with Crippen LogP contribution in [-0.2, 0) is 5.54 Å². The highest BCUT2D eigenvalue weighted by Crippen LogP contribution is 2.39. The Hall–Kier alpha value is -2.53. The molecule has 0 radical (unpaired) electrons. The number of aromatic hydroxyl groups is 1. The van der Waals surface area contributed by atoms with E-state index in [0.717, 1.165) is 37.0 Å². The molecule has 0 aliphatic carbocycles. The number of anilines is 1. The van der Waals surface area contributed by atoms with E-state index in [1.54, 1.807) is 6.07 Å².